The highest BCUT2D eigenvalue weighted by Crippen LogP contribution is 2.39. The molecule has 0 N–H and O–H groups in total. The molecule has 0 aliphatic heterocycles. The molecule has 0 amide bonds. The number of rotatable bonds is 4. The van der Waals surface area contributed by atoms with Crippen LogP contribution in [0.25, 0.3) is 27.9 Å². The predicted octanol–water partition coefficient (Wildman–Crippen LogP) is 4.41. The third-order valence-electron chi connectivity index (χ3n) is 4.75. The number of benzene rings is 2. The minimum atomic E-state index is -3.76. The van der Waals surface area contributed by atoms with E-state index in [4.69, 9.17) is 0 Å². The second kappa shape index (κ2) is 6.93. The molecule has 29 heavy (non-hydrogen) atoms. The molecule has 146 valence electrons. The van der Waals surface area contributed by atoms with Crippen molar-refractivity contribution in [1.29, 1.82) is 0 Å². The second-order valence-corrected chi connectivity index (χ2v) is 8.73. The summed E-state index contributed by atoms with van der Waals surface area (Å²) >= 11 is 0. The van der Waals surface area contributed by atoms with Crippen molar-refractivity contribution in [2.24, 2.45) is 0 Å². The number of Topliss-reactive ketones (excluding diaryl/α,β-unsaturated/α-hetero) is 1. The van der Waals surface area contributed by atoms with Gasteiger partial charge in [0.15, 0.2) is 15.6 Å². The zero-order chi connectivity index (χ0) is 20.8. The number of hydrogen-bond donors (Lipinski definition) is 0. The predicted molar refractivity (Wildman–Crippen MR) is 109 cm³/mol. The van der Waals surface area contributed by atoms with Crippen LogP contribution in [-0.4, -0.2) is 29.8 Å². The van der Waals surface area contributed by atoms with Crippen LogP contribution in [0.15, 0.2) is 72.0 Å². The van der Waals surface area contributed by atoms with E-state index >= 15 is 0 Å². The number of hydrogen-bond acceptors (Lipinski definition) is 4. The van der Waals surface area contributed by atoms with Crippen LogP contribution >= 0.6 is 0 Å². The Balaban J connectivity index is 2.17. The van der Waals surface area contributed by atoms with Gasteiger partial charge in [-0.15, -0.1) is 0 Å². The number of fused-ring (bicyclic) bond motifs is 1. The Morgan fingerprint density at radius 2 is 1.72 bits per heavy atom. The topological polar surface area (TPSA) is 68.5 Å². The summed E-state index contributed by atoms with van der Waals surface area (Å²) in [5, 5.41) is 0. The van der Waals surface area contributed by atoms with Gasteiger partial charge >= 0.3 is 0 Å². The van der Waals surface area contributed by atoms with Crippen LogP contribution < -0.4 is 0 Å². The zero-order valence-electron chi connectivity index (χ0n) is 15.8. The van der Waals surface area contributed by atoms with E-state index < -0.39 is 15.7 Å². The number of ketones is 1. The first kappa shape index (κ1) is 19.0. The number of imidazole rings is 1. The van der Waals surface area contributed by atoms with Crippen molar-refractivity contribution in [3.63, 3.8) is 0 Å². The molecule has 0 saturated heterocycles. The van der Waals surface area contributed by atoms with Gasteiger partial charge in [-0.05, 0) is 36.8 Å². The SMILES string of the molecule is CC(=O)c1ccc(-c2cccn3ccnc23)c(S(C)(=O)=O)c1-c1ccc(F)cc1. The molecular weight excluding hydrogens is 391 g/mol. The van der Waals surface area contributed by atoms with Crippen LogP contribution in [0.3, 0.4) is 0 Å². The lowest BCUT2D eigenvalue weighted by Gasteiger charge is -2.18. The van der Waals surface area contributed by atoms with Gasteiger partial charge in [-0.2, -0.15) is 0 Å². The third kappa shape index (κ3) is 3.34. The fourth-order valence-corrected chi connectivity index (χ4v) is 4.71. The van der Waals surface area contributed by atoms with Gasteiger partial charge < -0.3 is 4.40 Å². The maximum absolute atomic E-state index is 13.5. The molecule has 0 saturated carbocycles. The van der Waals surface area contributed by atoms with E-state index in [-0.39, 0.29) is 21.8 Å². The summed E-state index contributed by atoms with van der Waals surface area (Å²) in [5.74, 6) is -0.725. The number of carbonyl (C=O) groups excluding carboxylic acids is 1. The molecule has 2 heterocycles. The lowest BCUT2D eigenvalue weighted by Crippen LogP contribution is -2.08. The van der Waals surface area contributed by atoms with Crippen LogP contribution in [0.2, 0.25) is 0 Å². The highest BCUT2D eigenvalue weighted by molar-refractivity contribution is 7.91. The monoisotopic (exact) mass is 408 g/mol. The molecular formula is C22H17FN2O3S. The Kier molecular flexibility index (Phi) is 4.55. The van der Waals surface area contributed by atoms with Gasteiger partial charge in [-0.3, -0.25) is 4.79 Å². The highest BCUT2D eigenvalue weighted by Gasteiger charge is 2.26. The first-order valence-electron chi connectivity index (χ1n) is 8.83. The van der Waals surface area contributed by atoms with Crippen molar-refractivity contribution < 1.29 is 17.6 Å². The molecule has 4 aromatic rings. The summed E-state index contributed by atoms with van der Waals surface area (Å²) in [4.78, 5) is 16.7. The smallest absolute Gasteiger partial charge is 0.176 e. The van der Waals surface area contributed by atoms with E-state index in [0.717, 1.165) is 6.26 Å². The van der Waals surface area contributed by atoms with Gasteiger partial charge in [0.1, 0.15) is 11.5 Å². The standard InChI is InChI=1S/C22H17FN2O3S/c1-14(26)17-9-10-18(19-4-3-12-25-13-11-24-22(19)25)21(29(2,27)28)20(17)15-5-7-16(23)8-6-15/h3-13H,1-2H3. The molecule has 0 atom stereocenters. The third-order valence-corrected chi connectivity index (χ3v) is 5.92. The lowest BCUT2D eigenvalue weighted by molar-refractivity contribution is 0.101. The van der Waals surface area contributed by atoms with E-state index in [1.165, 1.54) is 31.2 Å². The molecule has 0 radical (unpaired) electrons. The average Bonchev–Trinajstić information content (AvgIpc) is 3.15. The summed E-state index contributed by atoms with van der Waals surface area (Å²) in [7, 11) is -3.76. The highest BCUT2D eigenvalue weighted by atomic mass is 32.2. The Hall–Kier alpha value is -3.32. The molecule has 2 aromatic heterocycles. The maximum atomic E-state index is 13.5. The Labute approximate surface area is 167 Å². The number of sulfone groups is 1. The summed E-state index contributed by atoms with van der Waals surface area (Å²) in [5.41, 5.74) is 2.64. The van der Waals surface area contributed by atoms with E-state index in [9.17, 15) is 17.6 Å². The first-order chi connectivity index (χ1) is 13.8. The largest absolute Gasteiger partial charge is 0.307 e. The lowest BCUT2D eigenvalue weighted by atomic mass is 9.93. The Morgan fingerprint density at radius 1 is 1.00 bits per heavy atom. The molecule has 0 bridgehead atoms. The molecule has 0 unspecified atom stereocenters. The second-order valence-electron chi connectivity index (χ2n) is 6.78. The minimum absolute atomic E-state index is 0.0212. The summed E-state index contributed by atoms with van der Waals surface area (Å²) in [6.45, 7) is 1.38. The van der Waals surface area contributed by atoms with E-state index in [1.54, 1.807) is 41.1 Å². The normalized spacial score (nSPS) is 11.7. The molecule has 7 heteroatoms. The van der Waals surface area contributed by atoms with Crippen molar-refractivity contribution in [3.8, 4) is 22.3 Å². The number of aromatic nitrogens is 2. The molecule has 0 spiro atoms. The summed E-state index contributed by atoms with van der Waals surface area (Å²) < 4.78 is 41.1. The average molecular weight is 408 g/mol. The number of carbonyl (C=O) groups is 1. The van der Waals surface area contributed by atoms with Crippen molar-refractivity contribution >= 4 is 21.3 Å². The van der Waals surface area contributed by atoms with Crippen LogP contribution in [0, 0.1) is 5.82 Å². The van der Waals surface area contributed by atoms with E-state index in [1.807, 2.05) is 6.20 Å². The van der Waals surface area contributed by atoms with E-state index in [0.29, 0.717) is 22.3 Å². The zero-order valence-corrected chi connectivity index (χ0v) is 16.6. The number of pyridine rings is 1. The van der Waals surface area contributed by atoms with Crippen LogP contribution in [0.1, 0.15) is 17.3 Å². The van der Waals surface area contributed by atoms with Crippen LogP contribution in [-0.2, 0) is 9.84 Å². The van der Waals surface area contributed by atoms with Crippen molar-refractivity contribution in [2.45, 2.75) is 11.8 Å². The van der Waals surface area contributed by atoms with Crippen LogP contribution in [0.4, 0.5) is 4.39 Å². The van der Waals surface area contributed by atoms with Gasteiger partial charge in [0.2, 0.25) is 0 Å². The van der Waals surface area contributed by atoms with Crippen LogP contribution in [0.5, 0.6) is 0 Å². The Bertz CT molecular complexity index is 1360. The van der Waals surface area contributed by atoms with Crippen molar-refractivity contribution in [2.75, 3.05) is 6.26 Å². The van der Waals surface area contributed by atoms with Gasteiger partial charge in [-0.1, -0.05) is 24.3 Å². The van der Waals surface area contributed by atoms with Crippen molar-refractivity contribution in [3.05, 3.63) is 78.5 Å². The summed E-state index contributed by atoms with van der Waals surface area (Å²) in [6, 6.07) is 12.3. The number of halogens is 1. The first-order valence-corrected chi connectivity index (χ1v) is 10.7. The minimum Gasteiger partial charge on any atom is -0.307 e. The van der Waals surface area contributed by atoms with Gasteiger partial charge in [0, 0.05) is 47.1 Å². The van der Waals surface area contributed by atoms with E-state index in [2.05, 4.69) is 4.98 Å². The van der Waals surface area contributed by atoms with Crippen molar-refractivity contribution in [1.82, 2.24) is 9.38 Å². The molecule has 5 nitrogen and oxygen atoms in total. The molecule has 0 aliphatic carbocycles. The number of nitrogens with zero attached hydrogens (tertiary/aromatic N) is 2. The fourth-order valence-electron chi connectivity index (χ4n) is 3.54. The molecule has 0 fully saturated rings. The van der Waals surface area contributed by atoms with Gasteiger partial charge in [-0.25, -0.2) is 17.8 Å². The maximum Gasteiger partial charge on any atom is 0.176 e. The molecule has 2 aromatic carbocycles. The summed E-state index contributed by atoms with van der Waals surface area (Å²) in [6.07, 6.45) is 6.32. The quantitative estimate of drug-likeness (QED) is 0.469. The fraction of sp³-hybridized carbons (Fsp3) is 0.0909. The molecule has 4 rings (SSSR count). The molecule has 0 aliphatic rings. The Morgan fingerprint density at radius 3 is 2.38 bits per heavy atom. The van der Waals surface area contributed by atoms with Gasteiger partial charge in [0.05, 0.1) is 4.90 Å². The van der Waals surface area contributed by atoms with Gasteiger partial charge in [0.25, 0.3) is 0 Å².